The van der Waals surface area contributed by atoms with Gasteiger partial charge in [0.25, 0.3) is 0 Å². The molecule has 15 heteroatoms. The van der Waals surface area contributed by atoms with E-state index in [2.05, 4.69) is 40.4 Å². The third kappa shape index (κ3) is 6.05. The van der Waals surface area contributed by atoms with Crippen molar-refractivity contribution >= 4 is 56.4 Å². The molecule has 8 aliphatic rings. The largest absolute Gasteiger partial charge is 0.507 e. The number of pyridine rings is 2. The van der Waals surface area contributed by atoms with E-state index in [4.69, 9.17) is 40.1 Å². The summed E-state index contributed by atoms with van der Waals surface area (Å²) in [5.74, 6) is 1.47. The highest BCUT2D eigenvalue weighted by Gasteiger charge is 2.69. The molecule has 2 fully saturated rings. The lowest BCUT2D eigenvalue weighted by molar-refractivity contribution is -0.174. The number of aromatic nitrogens is 2. The predicted octanol–water partition coefficient (Wildman–Crippen LogP) is 6.89. The van der Waals surface area contributed by atoms with Crippen LogP contribution in [0.15, 0.2) is 80.2 Å². The third-order valence-electron chi connectivity index (χ3n) is 13.4. The van der Waals surface area contributed by atoms with Crippen molar-refractivity contribution in [3.63, 3.8) is 0 Å². The van der Waals surface area contributed by atoms with Crippen LogP contribution >= 0.6 is 21.6 Å². The molecule has 10 heterocycles. The molecule has 0 radical (unpaired) electrons. The molecule has 1 aliphatic carbocycles. The number of fused-ring (bicyclic) bond motifs is 8. The zero-order chi connectivity index (χ0) is 41.1. The number of hydrogen-bond donors (Lipinski definition) is 3. The molecule has 2 saturated heterocycles. The number of carbonyl (C=O) groups is 1. The molecule has 6 bridgehead atoms. The van der Waals surface area contributed by atoms with Crippen LogP contribution in [0.3, 0.4) is 0 Å². The molecule has 0 amide bonds. The van der Waals surface area contributed by atoms with Crippen molar-refractivity contribution in [2.24, 2.45) is 16.8 Å². The molecule has 5 N–H and O–H groups in total. The van der Waals surface area contributed by atoms with Gasteiger partial charge in [0, 0.05) is 83.1 Å². The first-order chi connectivity index (χ1) is 29.0. The Labute approximate surface area is 353 Å². The number of nitrogens with two attached hydrogens (primary N) is 2. The van der Waals surface area contributed by atoms with Crippen LogP contribution in [-0.4, -0.2) is 67.9 Å². The van der Waals surface area contributed by atoms with Crippen molar-refractivity contribution in [2.75, 3.05) is 23.8 Å². The van der Waals surface area contributed by atoms with E-state index in [9.17, 15) is 14.7 Å². The molecule has 60 heavy (non-hydrogen) atoms. The molecule has 1 spiro atoms. The summed E-state index contributed by atoms with van der Waals surface area (Å²) in [6.07, 6.45) is 12.1. The van der Waals surface area contributed by atoms with Crippen molar-refractivity contribution in [3.05, 3.63) is 104 Å². The molecular formula is C45H44N6O7S2. The Hall–Kier alpha value is -5.25. The van der Waals surface area contributed by atoms with Gasteiger partial charge in [0.2, 0.25) is 0 Å². The van der Waals surface area contributed by atoms with Crippen LogP contribution in [0.5, 0.6) is 11.5 Å². The smallest absolute Gasteiger partial charge is 0.342 e. The number of phenolic OH excluding ortho intramolecular Hbond substituents is 1. The lowest BCUT2D eigenvalue weighted by Gasteiger charge is -2.48. The van der Waals surface area contributed by atoms with Crippen molar-refractivity contribution in [1.82, 2.24) is 14.9 Å². The monoisotopic (exact) mass is 844 g/mol. The van der Waals surface area contributed by atoms with Crippen molar-refractivity contribution in [2.45, 2.75) is 87.6 Å². The van der Waals surface area contributed by atoms with Gasteiger partial charge < -0.3 is 40.1 Å². The normalized spacial score (nSPS) is 30.1. The van der Waals surface area contributed by atoms with E-state index in [1.807, 2.05) is 25.3 Å². The van der Waals surface area contributed by atoms with Gasteiger partial charge in [-0.25, -0.2) is 14.8 Å². The maximum atomic E-state index is 14.8. The minimum Gasteiger partial charge on any atom is -0.507 e. The SMILES string of the molecule is Cc1cc(=O)c2c(O)c3c(cc2o1)O[C@@]1(C)CCSSCc2c(cc(CN4C=C5N=CC=C5C4)nc2N)-c2cc(cc(N)n2)CC[C@H]2O[C@]24C(=O)O[C@@H]1[C@H]3[C@H]1C=C[C@@H]4CC1. The number of nitrogen functional groups attached to an aromatic ring is 2. The zero-order valence-electron chi connectivity index (χ0n) is 33.2. The van der Waals surface area contributed by atoms with E-state index in [0.717, 1.165) is 46.7 Å². The van der Waals surface area contributed by atoms with Crippen LogP contribution in [0.4, 0.5) is 11.6 Å². The van der Waals surface area contributed by atoms with Gasteiger partial charge in [-0.3, -0.25) is 9.79 Å². The molecule has 12 rings (SSSR count). The van der Waals surface area contributed by atoms with Gasteiger partial charge in [0.15, 0.2) is 11.0 Å². The molecule has 4 aromatic rings. The van der Waals surface area contributed by atoms with Gasteiger partial charge in [-0.2, -0.15) is 0 Å². The number of hydrogen-bond acceptors (Lipinski definition) is 15. The number of aryl methyl sites for hydroxylation is 2. The highest BCUT2D eigenvalue weighted by molar-refractivity contribution is 8.76. The topological polar surface area (TPSA) is 192 Å². The van der Waals surface area contributed by atoms with Crippen molar-refractivity contribution in [1.29, 1.82) is 0 Å². The second-order valence-corrected chi connectivity index (χ2v) is 19.8. The van der Waals surface area contributed by atoms with Gasteiger partial charge in [-0.1, -0.05) is 33.7 Å². The number of benzene rings is 1. The number of epoxide rings is 1. The van der Waals surface area contributed by atoms with Gasteiger partial charge in [0.1, 0.15) is 51.6 Å². The Morgan fingerprint density at radius 2 is 1.93 bits per heavy atom. The van der Waals surface area contributed by atoms with Crippen LogP contribution in [0.1, 0.15) is 66.7 Å². The fourth-order valence-corrected chi connectivity index (χ4v) is 12.7. The number of phenols is 1. The Morgan fingerprint density at radius 3 is 2.77 bits per heavy atom. The molecule has 0 unspecified atom stereocenters. The van der Waals surface area contributed by atoms with E-state index < -0.39 is 35.3 Å². The number of nitrogens with zero attached hydrogens (tertiary/aromatic N) is 4. The molecule has 7 atom stereocenters. The average Bonchev–Trinajstić information content (AvgIpc) is 3.55. The fraction of sp³-hybridized carbons (Fsp3) is 0.400. The van der Waals surface area contributed by atoms with Gasteiger partial charge in [0.05, 0.1) is 29.7 Å². The fourth-order valence-electron chi connectivity index (χ4n) is 10.4. The quantitative estimate of drug-likeness (QED) is 0.0818. The van der Waals surface area contributed by atoms with Gasteiger partial charge in [-0.05, 0) is 75.3 Å². The number of allylic oxidation sites excluding steroid dienone is 2. The second-order valence-electron chi connectivity index (χ2n) is 17.2. The Balaban J connectivity index is 0.986. The lowest BCUT2D eigenvalue weighted by Crippen LogP contribution is -2.55. The molecule has 7 aliphatic heterocycles. The van der Waals surface area contributed by atoms with Crippen molar-refractivity contribution < 1.29 is 28.5 Å². The Bertz CT molecular complexity index is 2710. The summed E-state index contributed by atoms with van der Waals surface area (Å²) in [6.45, 7) is 4.99. The van der Waals surface area contributed by atoms with E-state index in [0.29, 0.717) is 72.4 Å². The molecule has 13 nitrogen and oxygen atoms in total. The third-order valence-corrected chi connectivity index (χ3v) is 15.7. The number of carbonyl (C=O) groups excluding carboxylic acids is 1. The number of rotatable bonds is 2. The van der Waals surface area contributed by atoms with E-state index >= 15 is 0 Å². The van der Waals surface area contributed by atoms with Crippen LogP contribution < -0.4 is 21.6 Å². The van der Waals surface area contributed by atoms with Crippen LogP contribution in [-0.2, 0) is 33.0 Å². The average molecular weight is 845 g/mol. The predicted molar refractivity (Wildman–Crippen MR) is 232 cm³/mol. The minimum atomic E-state index is -1.16. The van der Waals surface area contributed by atoms with Crippen LogP contribution in [0.25, 0.3) is 22.2 Å². The molecule has 308 valence electrons. The highest BCUT2D eigenvalue weighted by Crippen LogP contribution is 2.59. The summed E-state index contributed by atoms with van der Waals surface area (Å²) in [4.78, 5) is 44.5. The van der Waals surface area contributed by atoms with E-state index in [-0.39, 0.29) is 34.0 Å². The minimum absolute atomic E-state index is 0.0914. The number of aromatic hydroxyl groups is 1. The van der Waals surface area contributed by atoms with Gasteiger partial charge in [-0.15, -0.1) is 0 Å². The first kappa shape index (κ1) is 37.7. The molecular weight excluding hydrogens is 801 g/mol. The van der Waals surface area contributed by atoms with Crippen LogP contribution in [0, 0.1) is 18.8 Å². The first-order valence-electron chi connectivity index (χ1n) is 20.5. The standard InChI is InChI=1S/C45H44N6O7S2/c1-22-13-32(52)38-33(55-22)17-34-39(40(38)53)37-24-4-6-26(7-5-24)45-35(58-45)8-3-23-14-30(50-36(46)15-23)28-16-27(19-51-18-25-9-11-48-31(25)20-51)49-42(47)29(28)21-60-59-12-10-44(2,57-34)41(37)56-43(45)54/h4,6,9,11,13-17,20,24,26,35,37,41,53H,3,5,7-8,10,12,18-19,21H2,1-2H3,(H2,46,50)(H2,47,49)/t24-,26+,35+,37-,41+,44-,45-/m0/s1. The Morgan fingerprint density at radius 1 is 1.05 bits per heavy atom. The number of aliphatic imine (C=N–C) groups is 1. The van der Waals surface area contributed by atoms with E-state index in [1.54, 1.807) is 34.6 Å². The first-order valence-corrected chi connectivity index (χ1v) is 23.0. The maximum absolute atomic E-state index is 14.8. The lowest BCUT2D eigenvalue weighted by atomic mass is 9.68. The number of ether oxygens (including phenoxy) is 3. The summed E-state index contributed by atoms with van der Waals surface area (Å²) in [5.41, 5.74) is 18.0. The summed E-state index contributed by atoms with van der Waals surface area (Å²) >= 11 is 0. The summed E-state index contributed by atoms with van der Waals surface area (Å²) in [5, 5.41) is 12.1. The maximum Gasteiger partial charge on any atom is 0.342 e. The number of esters is 1. The van der Waals surface area contributed by atoms with Crippen LogP contribution in [0.2, 0.25) is 0 Å². The number of anilines is 2. The van der Waals surface area contributed by atoms with Gasteiger partial charge >= 0.3 is 5.97 Å². The summed E-state index contributed by atoms with van der Waals surface area (Å²) < 4.78 is 26.1. The second kappa shape index (κ2) is 13.9. The van der Waals surface area contributed by atoms with Crippen molar-refractivity contribution in [3.8, 4) is 22.8 Å². The molecule has 0 saturated carbocycles. The zero-order valence-corrected chi connectivity index (χ0v) is 34.8. The summed E-state index contributed by atoms with van der Waals surface area (Å²) in [6, 6.07) is 9.12. The highest BCUT2D eigenvalue weighted by atomic mass is 33.1. The molecule has 3 aromatic heterocycles. The Kier molecular flexibility index (Phi) is 8.74. The summed E-state index contributed by atoms with van der Waals surface area (Å²) in [7, 11) is 3.32. The molecule has 1 aromatic carbocycles. The van der Waals surface area contributed by atoms with E-state index in [1.165, 1.54) is 11.6 Å².